The summed E-state index contributed by atoms with van der Waals surface area (Å²) in [6.07, 6.45) is 6.20. The van der Waals surface area contributed by atoms with Crippen molar-refractivity contribution in [2.24, 2.45) is 0 Å². The van der Waals surface area contributed by atoms with Crippen molar-refractivity contribution in [1.29, 1.82) is 0 Å². The molecule has 1 amide bonds. The molecule has 2 saturated heterocycles. The molecule has 22 heavy (non-hydrogen) atoms. The molecule has 2 heterocycles. The molecular weight excluding hydrogens is 276 g/mol. The van der Waals surface area contributed by atoms with Crippen molar-refractivity contribution in [2.75, 3.05) is 26.2 Å². The molecule has 4 heteroatoms. The van der Waals surface area contributed by atoms with E-state index in [0.717, 1.165) is 44.6 Å². The molecule has 0 spiro atoms. The highest BCUT2D eigenvalue weighted by Crippen LogP contribution is 2.17. The molecule has 3 rings (SSSR count). The van der Waals surface area contributed by atoms with Crippen LogP contribution in [0.5, 0.6) is 0 Å². The number of likely N-dealkylation sites (tertiary alicyclic amines) is 1. The second-order valence-corrected chi connectivity index (χ2v) is 6.40. The van der Waals surface area contributed by atoms with Crippen LogP contribution in [0.2, 0.25) is 0 Å². The Morgan fingerprint density at radius 1 is 1.14 bits per heavy atom. The van der Waals surface area contributed by atoms with Gasteiger partial charge in [-0.25, -0.2) is 0 Å². The van der Waals surface area contributed by atoms with Gasteiger partial charge in [0.1, 0.15) is 0 Å². The van der Waals surface area contributed by atoms with Gasteiger partial charge in [-0.05, 0) is 44.2 Å². The van der Waals surface area contributed by atoms with E-state index in [9.17, 15) is 4.79 Å². The Balaban J connectivity index is 1.41. The summed E-state index contributed by atoms with van der Waals surface area (Å²) in [5.74, 6) is 0.0506. The zero-order chi connectivity index (χ0) is 15.2. The first kappa shape index (κ1) is 15.5. The van der Waals surface area contributed by atoms with Gasteiger partial charge in [-0.2, -0.15) is 0 Å². The number of benzene rings is 1. The van der Waals surface area contributed by atoms with Crippen LogP contribution in [-0.4, -0.2) is 49.2 Å². The van der Waals surface area contributed by atoms with Crippen molar-refractivity contribution in [3.8, 4) is 0 Å². The topological polar surface area (TPSA) is 41.6 Å². The zero-order valence-electron chi connectivity index (χ0n) is 13.2. The number of piperidine rings is 1. The van der Waals surface area contributed by atoms with Gasteiger partial charge in [0.05, 0.1) is 6.10 Å². The number of rotatable bonds is 4. The Morgan fingerprint density at radius 3 is 2.59 bits per heavy atom. The molecule has 2 fully saturated rings. The lowest BCUT2D eigenvalue weighted by atomic mass is 10.0. The smallest absolute Gasteiger partial charge is 0.251 e. The van der Waals surface area contributed by atoms with Crippen LogP contribution in [0.3, 0.4) is 0 Å². The molecule has 0 aromatic heterocycles. The van der Waals surface area contributed by atoms with Crippen molar-refractivity contribution < 1.29 is 9.53 Å². The van der Waals surface area contributed by atoms with Gasteiger partial charge in [0.15, 0.2) is 0 Å². The molecule has 2 aliphatic heterocycles. The lowest BCUT2D eigenvalue weighted by Gasteiger charge is -2.35. The van der Waals surface area contributed by atoms with Crippen molar-refractivity contribution in [2.45, 2.75) is 44.2 Å². The Hall–Kier alpha value is -1.39. The maximum atomic E-state index is 12.2. The summed E-state index contributed by atoms with van der Waals surface area (Å²) < 4.78 is 5.82. The van der Waals surface area contributed by atoms with Gasteiger partial charge >= 0.3 is 0 Å². The summed E-state index contributed by atoms with van der Waals surface area (Å²) in [4.78, 5) is 14.7. The average Bonchev–Trinajstić information content (AvgIpc) is 2.58. The number of hydrogen-bond acceptors (Lipinski definition) is 3. The predicted molar refractivity (Wildman–Crippen MR) is 87.0 cm³/mol. The van der Waals surface area contributed by atoms with Gasteiger partial charge in [-0.15, -0.1) is 0 Å². The molecular formula is C18H26N2O2. The van der Waals surface area contributed by atoms with E-state index in [4.69, 9.17) is 4.74 Å². The van der Waals surface area contributed by atoms with Crippen molar-refractivity contribution in [3.05, 3.63) is 35.9 Å². The van der Waals surface area contributed by atoms with Gasteiger partial charge in [0, 0.05) is 37.8 Å². The monoisotopic (exact) mass is 302 g/mol. The fourth-order valence-electron chi connectivity index (χ4n) is 3.36. The fraction of sp³-hybridized carbons (Fsp3) is 0.611. The first-order valence-electron chi connectivity index (χ1n) is 8.51. The number of ether oxygens (including phenoxy) is 1. The normalized spacial score (nSPS) is 24.1. The number of carbonyl (C=O) groups is 1. The van der Waals surface area contributed by atoms with Crippen molar-refractivity contribution >= 4 is 5.91 Å². The van der Waals surface area contributed by atoms with Crippen LogP contribution in [0.4, 0.5) is 0 Å². The van der Waals surface area contributed by atoms with E-state index in [1.165, 1.54) is 19.3 Å². The number of nitrogens with one attached hydrogen (secondary N) is 1. The number of carbonyl (C=O) groups excluding carboxylic acids is 1. The van der Waals surface area contributed by atoms with Crippen LogP contribution in [0.1, 0.15) is 42.5 Å². The Labute approximate surface area is 132 Å². The minimum atomic E-state index is 0.0506. The van der Waals surface area contributed by atoms with Crippen molar-refractivity contribution in [1.82, 2.24) is 10.2 Å². The first-order chi connectivity index (χ1) is 10.8. The molecule has 2 aliphatic rings. The van der Waals surface area contributed by atoms with E-state index in [1.807, 2.05) is 30.3 Å². The van der Waals surface area contributed by atoms with Gasteiger partial charge in [0.2, 0.25) is 0 Å². The summed E-state index contributed by atoms with van der Waals surface area (Å²) in [7, 11) is 0. The highest BCUT2D eigenvalue weighted by Gasteiger charge is 2.24. The minimum absolute atomic E-state index is 0.0506. The molecule has 1 aromatic carbocycles. The summed E-state index contributed by atoms with van der Waals surface area (Å²) in [6, 6.07) is 9.78. The second-order valence-electron chi connectivity index (χ2n) is 6.40. The van der Waals surface area contributed by atoms with E-state index in [2.05, 4.69) is 10.2 Å². The highest BCUT2D eigenvalue weighted by molar-refractivity contribution is 5.94. The molecule has 0 radical (unpaired) electrons. The quantitative estimate of drug-likeness (QED) is 0.929. The third kappa shape index (κ3) is 4.31. The minimum Gasteiger partial charge on any atom is -0.377 e. The van der Waals surface area contributed by atoms with Crippen LogP contribution in [-0.2, 0) is 4.74 Å². The standard InChI is InChI=1S/C18H26N2O2/c21-18(15-6-2-1-3-7-15)19-16-9-11-20(12-10-16)14-17-8-4-5-13-22-17/h1-3,6-7,16-17H,4-5,8-14H2,(H,19,21). The van der Waals surface area contributed by atoms with Gasteiger partial charge in [0.25, 0.3) is 5.91 Å². The SMILES string of the molecule is O=C(NC1CCN(CC2CCCCO2)CC1)c1ccccc1. The van der Waals surface area contributed by atoms with Crippen LogP contribution in [0.15, 0.2) is 30.3 Å². The molecule has 0 bridgehead atoms. The zero-order valence-corrected chi connectivity index (χ0v) is 13.2. The van der Waals surface area contributed by atoms with E-state index in [1.54, 1.807) is 0 Å². The number of amides is 1. The van der Waals surface area contributed by atoms with E-state index >= 15 is 0 Å². The van der Waals surface area contributed by atoms with Crippen molar-refractivity contribution in [3.63, 3.8) is 0 Å². The largest absolute Gasteiger partial charge is 0.377 e. The number of nitrogens with zero attached hydrogens (tertiary/aromatic N) is 1. The van der Waals surface area contributed by atoms with Crippen LogP contribution in [0, 0.1) is 0 Å². The highest BCUT2D eigenvalue weighted by atomic mass is 16.5. The summed E-state index contributed by atoms with van der Waals surface area (Å²) in [5.41, 5.74) is 0.750. The molecule has 0 saturated carbocycles. The molecule has 4 nitrogen and oxygen atoms in total. The summed E-state index contributed by atoms with van der Waals surface area (Å²) in [6.45, 7) is 4.09. The van der Waals surface area contributed by atoms with E-state index in [0.29, 0.717) is 12.1 Å². The molecule has 1 atom stereocenters. The second kappa shape index (κ2) is 7.75. The van der Waals surface area contributed by atoms with Gasteiger partial charge < -0.3 is 15.0 Å². The lowest BCUT2D eigenvalue weighted by molar-refractivity contribution is -0.00996. The lowest BCUT2D eigenvalue weighted by Crippen LogP contribution is -2.47. The Kier molecular flexibility index (Phi) is 5.46. The Morgan fingerprint density at radius 2 is 1.91 bits per heavy atom. The third-order valence-corrected chi connectivity index (χ3v) is 4.69. The Bertz CT molecular complexity index is 463. The van der Waals surface area contributed by atoms with E-state index in [-0.39, 0.29) is 5.91 Å². The third-order valence-electron chi connectivity index (χ3n) is 4.69. The van der Waals surface area contributed by atoms with Crippen LogP contribution < -0.4 is 5.32 Å². The molecule has 120 valence electrons. The number of hydrogen-bond donors (Lipinski definition) is 1. The first-order valence-corrected chi connectivity index (χ1v) is 8.51. The molecule has 1 aromatic rings. The summed E-state index contributed by atoms with van der Waals surface area (Å²) >= 11 is 0. The average molecular weight is 302 g/mol. The van der Waals surface area contributed by atoms with Gasteiger partial charge in [-0.1, -0.05) is 18.2 Å². The van der Waals surface area contributed by atoms with Crippen LogP contribution >= 0.6 is 0 Å². The molecule has 1 N–H and O–H groups in total. The molecule has 1 unspecified atom stereocenters. The van der Waals surface area contributed by atoms with E-state index < -0.39 is 0 Å². The molecule has 0 aliphatic carbocycles. The predicted octanol–water partition coefficient (Wildman–Crippen LogP) is 2.45. The van der Waals surface area contributed by atoms with Gasteiger partial charge in [-0.3, -0.25) is 4.79 Å². The fourth-order valence-corrected chi connectivity index (χ4v) is 3.36. The maximum Gasteiger partial charge on any atom is 0.251 e. The maximum absolute atomic E-state index is 12.2. The van der Waals surface area contributed by atoms with Crippen LogP contribution in [0.25, 0.3) is 0 Å². The summed E-state index contributed by atoms with van der Waals surface area (Å²) in [5, 5.41) is 3.16.